The number of para-hydroxylation sites is 1. The zero-order valence-electron chi connectivity index (χ0n) is 18.6. The van der Waals surface area contributed by atoms with Gasteiger partial charge in [-0.2, -0.15) is 0 Å². The van der Waals surface area contributed by atoms with Crippen LogP contribution in [0.15, 0.2) is 54.6 Å². The third-order valence-electron chi connectivity index (χ3n) is 6.31. The van der Waals surface area contributed by atoms with Gasteiger partial charge in [0.05, 0.1) is 0 Å². The topological polar surface area (TPSA) is 53.6 Å². The fraction of sp³-hybridized carbons (Fsp3) is 0.423. The van der Waals surface area contributed by atoms with Crippen molar-refractivity contribution in [3.05, 3.63) is 71.3 Å². The first kappa shape index (κ1) is 21.6. The van der Waals surface area contributed by atoms with E-state index in [0.29, 0.717) is 0 Å². The molecule has 0 aromatic heterocycles. The Labute approximate surface area is 185 Å². The Balaban J connectivity index is 1.60. The average molecular weight is 420 g/mol. The van der Waals surface area contributed by atoms with E-state index in [1.54, 1.807) is 0 Å². The maximum atomic E-state index is 13.0. The molecule has 4 rings (SSSR count). The summed E-state index contributed by atoms with van der Waals surface area (Å²) in [6.07, 6.45) is 5.18. The summed E-state index contributed by atoms with van der Waals surface area (Å²) in [7, 11) is 1.94. The maximum Gasteiger partial charge on any atom is 0.253 e. The first-order valence-electron chi connectivity index (χ1n) is 11.4. The van der Waals surface area contributed by atoms with E-state index in [1.165, 1.54) is 5.57 Å². The van der Waals surface area contributed by atoms with Crippen LogP contribution in [0.5, 0.6) is 5.75 Å². The predicted octanol–water partition coefficient (Wildman–Crippen LogP) is 3.70. The van der Waals surface area contributed by atoms with Crippen molar-refractivity contribution in [2.24, 2.45) is 0 Å². The molecule has 1 saturated heterocycles. The van der Waals surface area contributed by atoms with Gasteiger partial charge >= 0.3 is 0 Å². The second kappa shape index (κ2) is 9.67. The fourth-order valence-electron chi connectivity index (χ4n) is 4.53. The van der Waals surface area contributed by atoms with Crippen LogP contribution in [0.3, 0.4) is 0 Å². The quantitative estimate of drug-likeness (QED) is 0.672. The molecule has 0 saturated carbocycles. The van der Waals surface area contributed by atoms with E-state index in [0.717, 1.165) is 74.4 Å². The molecule has 164 valence electrons. The molecule has 1 fully saturated rings. The molecule has 0 aliphatic carbocycles. The lowest BCUT2D eigenvalue weighted by Crippen LogP contribution is -2.46. The van der Waals surface area contributed by atoms with Crippen LogP contribution in [0.25, 0.3) is 5.57 Å². The van der Waals surface area contributed by atoms with Crippen molar-refractivity contribution < 1.29 is 9.53 Å². The minimum Gasteiger partial charge on any atom is -0.482 e. The lowest BCUT2D eigenvalue weighted by molar-refractivity contribution is 0.0762. The van der Waals surface area contributed by atoms with Crippen molar-refractivity contribution in [2.45, 2.75) is 31.8 Å². The van der Waals surface area contributed by atoms with Crippen molar-refractivity contribution in [1.82, 2.24) is 15.5 Å². The van der Waals surface area contributed by atoms with Crippen LogP contribution in [0.2, 0.25) is 0 Å². The summed E-state index contributed by atoms with van der Waals surface area (Å²) in [6.45, 7) is 6.35. The number of benzene rings is 2. The number of amides is 1. The Morgan fingerprint density at radius 1 is 1.13 bits per heavy atom. The van der Waals surface area contributed by atoms with E-state index < -0.39 is 0 Å². The number of hydrogen-bond acceptors (Lipinski definition) is 4. The Morgan fingerprint density at radius 2 is 1.87 bits per heavy atom. The third-order valence-corrected chi connectivity index (χ3v) is 6.31. The summed E-state index contributed by atoms with van der Waals surface area (Å²) in [6, 6.07) is 16.4. The van der Waals surface area contributed by atoms with Crippen LogP contribution < -0.4 is 15.4 Å². The molecule has 2 aromatic rings. The van der Waals surface area contributed by atoms with Crippen LogP contribution in [-0.2, 0) is 0 Å². The van der Waals surface area contributed by atoms with Gasteiger partial charge in [0.2, 0.25) is 0 Å². The number of hydrogen-bond donors (Lipinski definition) is 2. The van der Waals surface area contributed by atoms with E-state index >= 15 is 0 Å². The van der Waals surface area contributed by atoms with E-state index in [-0.39, 0.29) is 11.5 Å². The molecule has 2 aromatic carbocycles. The Bertz CT molecular complexity index is 930. The monoisotopic (exact) mass is 419 g/mol. The summed E-state index contributed by atoms with van der Waals surface area (Å²) in [5.41, 5.74) is 3.93. The number of carbonyl (C=O) groups excluding carboxylic acids is 1. The summed E-state index contributed by atoms with van der Waals surface area (Å²) in [4.78, 5) is 14.9. The van der Waals surface area contributed by atoms with E-state index in [9.17, 15) is 4.79 Å². The molecule has 0 atom stereocenters. The van der Waals surface area contributed by atoms with Gasteiger partial charge in [-0.15, -0.1) is 0 Å². The summed E-state index contributed by atoms with van der Waals surface area (Å²) in [5.74, 6) is 1.05. The van der Waals surface area contributed by atoms with Gasteiger partial charge in [0, 0.05) is 37.1 Å². The van der Waals surface area contributed by atoms with Crippen molar-refractivity contribution in [2.75, 3.05) is 39.8 Å². The normalized spacial score (nSPS) is 16.9. The molecule has 2 aliphatic rings. The summed E-state index contributed by atoms with van der Waals surface area (Å²) in [5, 5.41) is 6.58. The molecular weight excluding hydrogens is 386 g/mol. The molecule has 2 heterocycles. The van der Waals surface area contributed by atoms with E-state index in [4.69, 9.17) is 4.74 Å². The van der Waals surface area contributed by atoms with E-state index in [2.05, 4.69) is 47.0 Å². The van der Waals surface area contributed by atoms with Gasteiger partial charge in [-0.25, -0.2) is 0 Å². The number of fused-ring (bicyclic) bond motifs is 1. The second-order valence-electron chi connectivity index (χ2n) is 8.39. The van der Waals surface area contributed by atoms with Crippen LogP contribution in [0.4, 0.5) is 0 Å². The first-order valence-corrected chi connectivity index (χ1v) is 11.4. The van der Waals surface area contributed by atoms with Gasteiger partial charge in [0.1, 0.15) is 11.4 Å². The molecular formula is C26H33N3O2. The Kier molecular flexibility index (Phi) is 6.73. The molecule has 2 aliphatic heterocycles. The molecule has 0 radical (unpaired) electrons. The number of ether oxygens (including phenoxy) is 1. The number of carbonyl (C=O) groups is 1. The van der Waals surface area contributed by atoms with Gasteiger partial charge in [0.15, 0.2) is 0 Å². The smallest absolute Gasteiger partial charge is 0.253 e. The lowest BCUT2D eigenvalue weighted by atomic mass is 9.83. The summed E-state index contributed by atoms with van der Waals surface area (Å²) < 4.78 is 6.48. The van der Waals surface area contributed by atoms with Gasteiger partial charge in [0.25, 0.3) is 5.91 Å². The number of nitrogens with zero attached hydrogens (tertiary/aromatic N) is 1. The zero-order chi connectivity index (χ0) is 21.7. The standard InChI is InChI=1S/C26H33N3O2/c1-3-29(18-6-15-27-2)25(30)21-11-9-20(10-12-21)23-19-26(13-16-28-17-14-26)31-24-8-5-4-7-22(23)24/h4-5,7-12,19,27-28H,3,6,13-18H2,1-2H3. The van der Waals surface area contributed by atoms with Crippen molar-refractivity contribution >= 4 is 11.5 Å². The fourth-order valence-corrected chi connectivity index (χ4v) is 4.53. The zero-order valence-corrected chi connectivity index (χ0v) is 18.6. The van der Waals surface area contributed by atoms with Crippen LogP contribution in [0.1, 0.15) is 47.7 Å². The Morgan fingerprint density at radius 3 is 2.58 bits per heavy atom. The SMILES string of the molecule is CCN(CCCNC)C(=O)c1ccc(C2=CC3(CCNCC3)Oc3ccccc32)cc1. The van der Waals surface area contributed by atoms with Crippen molar-refractivity contribution in [3.8, 4) is 5.75 Å². The van der Waals surface area contributed by atoms with Crippen LogP contribution in [-0.4, -0.2) is 56.2 Å². The second-order valence-corrected chi connectivity index (χ2v) is 8.39. The van der Waals surface area contributed by atoms with E-state index in [1.807, 2.05) is 37.1 Å². The molecule has 5 heteroatoms. The number of piperidine rings is 1. The molecule has 1 amide bonds. The van der Waals surface area contributed by atoms with Gasteiger partial charge < -0.3 is 20.3 Å². The highest BCUT2D eigenvalue weighted by atomic mass is 16.5. The predicted molar refractivity (Wildman–Crippen MR) is 126 cm³/mol. The minimum absolute atomic E-state index is 0.0985. The van der Waals surface area contributed by atoms with Crippen LogP contribution >= 0.6 is 0 Å². The average Bonchev–Trinajstić information content (AvgIpc) is 2.81. The minimum atomic E-state index is -0.254. The highest BCUT2D eigenvalue weighted by molar-refractivity contribution is 5.95. The molecule has 31 heavy (non-hydrogen) atoms. The molecule has 2 N–H and O–H groups in total. The summed E-state index contributed by atoms with van der Waals surface area (Å²) >= 11 is 0. The molecule has 1 spiro atoms. The lowest BCUT2D eigenvalue weighted by Gasteiger charge is -2.40. The maximum absolute atomic E-state index is 13.0. The third kappa shape index (κ3) is 4.68. The molecule has 0 bridgehead atoms. The van der Waals surface area contributed by atoms with Crippen molar-refractivity contribution in [3.63, 3.8) is 0 Å². The molecule has 5 nitrogen and oxygen atoms in total. The van der Waals surface area contributed by atoms with Gasteiger partial charge in [-0.1, -0.05) is 30.3 Å². The highest BCUT2D eigenvalue weighted by Gasteiger charge is 2.36. The number of rotatable bonds is 7. The largest absolute Gasteiger partial charge is 0.482 e. The van der Waals surface area contributed by atoms with Gasteiger partial charge in [-0.05, 0) is 75.4 Å². The first-order chi connectivity index (χ1) is 15.2. The molecule has 0 unspecified atom stereocenters. The Hall–Kier alpha value is -2.63. The van der Waals surface area contributed by atoms with Gasteiger partial charge in [-0.3, -0.25) is 4.79 Å². The highest BCUT2D eigenvalue weighted by Crippen LogP contribution is 2.42. The number of nitrogens with one attached hydrogen (secondary N) is 2. The van der Waals surface area contributed by atoms with Crippen LogP contribution in [0, 0.1) is 0 Å². The van der Waals surface area contributed by atoms with Crippen molar-refractivity contribution in [1.29, 1.82) is 0 Å².